The number of H-pyrrole nitrogens is 1. The van der Waals surface area contributed by atoms with Gasteiger partial charge in [-0.2, -0.15) is 18.3 Å². The smallest absolute Gasteiger partial charge is 0.387 e. The van der Waals surface area contributed by atoms with Gasteiger partial charge in [0.25, 0.3) is 0 Å². The van der Waals surface area contributed by atoms with E-state index in [2.05, 4.69) is 25.4 Å². The topological polar surface area (TPSA) is 102 Å². The zero-order chi connectivity index (χ0) is 23.4. The lowest BCUT2D eigenvalue weighted by molar-refractivity contribution is -0.141. The molecule has 2 N–H and O–H groups in total. The van der Waals surface area contributed by atoms with Crippen molar-refractivity contribution in [3.05, 3.63) is 59.4 Å². The van der Waals surface area contributed by atoms with E-state index in [9.17, 15) is 18.3 Å². The first-order valence-electron chi connectivity index (χ1n) is 10.3. The Bertz CT molecular complexity index is 1320. The summed E-state index contributed by atoms with van der Waals surface area (Å²) in [5.41, 5.74) is 0.781. The Morgan fingerprint density at radius 2 is 2.06 bits per heavy atom. The van der Waals surface area contributed by atoms with Gasteiger partial charge in [0.15, 0.2) is 0 Å². The Labute approximate surface area is 186 Å². The van der Waals surface area contributed by atoms with E-state index in [0.29, 0.717) is 30.9 Å². The van der Waals surface area contributed by atoms with Crippen LogP contribution in [0.5, 0.6) is 0 Å². The highest BCUT2D eigenvalue weighted by Gasteiger charge is 2.42. The summed E-state index contributed by atoms with van der Waals surface area (Å²) in [5, 5.41) is 25.4. The van der Waals surface area contributed by atoms with E-state index in [0.717, 1.165) is 17.5 Å². The van der Waals surface area contributed by atoms with Crippen LogP contribution in [0.3, 0.4) is 0 Å². The van der Waals surface area contributed by atoms with Crippen molar-refractivity contribution in [2.24, 2.45) is 7.05 Å². The molecule has 0 amide bonds. The number of nitrogens with zero attached hydrogens (tertiary/aromatic N) is 5. The van der Waals surface area contributed by atoms with Crippen molar-refractivity contribution in [1.82, 2.24) is 29.9 Å². The Hall–Kier alpha value is -3.31. The number of benzene rings is 1. The molecule has 1 aromatic carbocycles. The number of aromatic nitrogens is 6. The third kappa shape index (κ3) is 3.66. The molecule has 1 aliphatic rings. The van der Waals surface area contributed by atoms with Crippen LogP contribution >= 0.6 is 0 Å². The standard InChI is InChI=1S/C22H21F3N6O2/c1-12(32)18-20-15(7-16(27-18)22(23,24)25)19(29-30-20)13-4-3-5-14(6-13)21(9-33-10-21)8-17-28-26-11-31(17)2/h3-7,11-12,32H,8-10H2,1-2H3,(H,29,30)/t12-/m0/s1. The highest BCUT2D eigenvalue weighted by atomic mass is 19.4. The molecule has 33 heavy (non-hydrogen) atoms. The van der Waals surface area contributed by atoms with Crippen LogP contribution in [-0.2, 0) is 29.8 Å². The van der Waals surface area contributed by atoms with Crippen molar-refractivity contribution in [2.75, 3.05) is 13.2 Å². The third-order valence-electron chi connectivity index (χ3n) is 6.07. The molecule has 8 nitrogen and oxygen atoms in total. The molecule has 0 bridgehead atoms. The zero-order valence-corrected chi connectivity index (χ0v) is 17.9. The number of hydrogen-bond donors (Lipinski definition) is 2. The normalized spacial score (nSPS) is 16.7. The van der Waals surface area contributed by atoms with E-state index in [1.54, 1.807) is 12.4 Å². The first-order chi connectivity index (χ1) is 15.7. The molecule has 11 heteroatoms. The minimum absolute atomic E-state index is 0.0964. The Morgan fingerprint density at radius 3 is 2.67 bits per heavy atom. The monoisotopic (exact) mass is 458 g/mol. The number of rotatable bonds is 5. The average molecular weight is 458 g/mol. The van der Waals surface area contributed by atoms with E-state index in [-0.39, 0.29) is 22.0 Å². The molecule has 1 aliphatic heterocycles. The van der Waals surface area contributed by atoms with Gasteiger partial charge >= 0.3 is 6.18 Å². The number of nitrogens with one attached hydrogen (secondary N) is 1. The number of pyridine rings is 1. The molecule has 4 heterocycles. The van der Waals surface area contributed by atoms with E-state index in [1.807, 2.05) is 29.8 Å². The largest absolute Gasteiger partial charge is 0.433 e. The number of aliphatic hydroxyl groups excluding tert-OH is 1. The molecule has 0 spiro atoms. The predicted octanol–water partition coefficient (Wildman–Crippen LogP) is 3.34. The fraction of sp³-hybridized carbons (Fsp3) is 0.364. The second kappa shape index (κ2) is 7.63. The van der Waals surface area contributed by atoms with Gasteiger partial charge in [-0.05, 0) is 24.6 Å². The van der Waals surface area contributed by atoms with Gasteiger partial charge in [-0.15, -0.1) is 10.2 Å². The number of hydrogen-bond acceptors (Lipinski definition) is 6. The minimum Gasteiger partial charge on any atom is -0.387 e. The van der Waals surface area contributed by atoms with Crippen LogP contribution in [0.2, 0.25) is 0 Å². The Morgan fingerprint density at radius 1 is 1.27 bits per heavy atom. The van der Waals surface area contributed by atoms with Crippen LogP contribution in [0.25, 0.3) is 22.2 Å². The summed E-state index contributed by atoms with van der Waals surface area (Å²) < 4.78 is 47.8. The van der Waals surface area contributed by atoms with E-state index < -0.39 is 18.0 Å². The molecular formula is C22H21F3N6O2. The van der Waals surface area contributed by atoms with E-state index in [4.69, 9.17) is 4.74 Å². The van der Waals surface area contributed by atoms with Gasteiger partial charge in [0.2, 0.25) is 0 Å². The number of ether oxygens (including phenoxy) is 1. The van der Waals surface area contributed by atoms with Crippen molar-refractivity contribution in [1.29, 1.82) is 0 Å². The Balaban J connectivity index is 1.61. The maximum atomic E-state index is 13.5. The fourth-order valence-corrected chi connectivity index (χ4v) is 4.19. The third-order valence-corrected chi connectivity index (χ3v) is 6.07. The van der Waals surface area contributed by atoms with Crippen LogP contribution < -0.4 is 0 Å². The Kier molecular flexibility index (Phi) is 4.98. The molecule has 0 unspecified atom stereocenters. The van der Waals surface area contributed by atoms with Crippen molar-refractivity contribution in [2.45, 2.75) is 31.0 Å². The lowest BCUT2D eigenvalue weighted by Crippen LogP contribution is -2.49. The van der Waals surface area contributed by atoms with Gasteiger partial charge in [-0.1, -0.05) is 18.2 Å². The van der Waals surface area contributed by atoms with Crippen LogP contribution in [0.1, 0.15) is 35.8 Å². The summed E-state index contributed by atoms with van der Waals surface area (Å²) in [6.07, 6.45) is -3.60. The molecule has 0 aliphatic carbocycles. The maximum Gasteiger partial charge on any atom is 0.433 e. The molecule has 0 saturated carbocycles. The summed E-state index contributed by atoms with van der Waals surface area (Å²) in [4.78, 5) is 3.63. The summed E-state index contributed by atoms with van der Waals surface area (Å²) in [6.45, 7) is 2.37. The number of halogens is 3. The molecule has 1 atom stereocenters. The zero-order valence-electron chi connectivity index (χ0n) is 17.9. The van der Waals surface area contributed by atoms with Crippen LogP contribution in [0.15, 0.2) is 36.7 Å². The predicted molar refractivity (Wildman–Crippen MR) is 112 cm³/mol. The molecular weight excluding hydrogens is 437 g/mol. The van der Waals surface area contributed by atoms with Gasteiger partial charge in [0.1, 0.15) is 23.5 Å². The van der Waals surface area contributed by atoms with Crippen molar-refractivity contribution in [3.63, 3.8) is 0 Å². The first-order valence-corrected chi connectivity index (χ1v) is 10.3. The average Bonchev–Trinajstić information content (AvgIpc) is 3.35. The molecule has 5 rings (SSSR count). The second-order valence-electron chi connectivity index (χ2n) is 8.45. The van der Waals surface area contributed by atoms with Crippen molar-refractivity contribution >= 4 is 10.9 Å². The van der Waals surface area contributed by atoms with E-state index in [1.165, 1.54) is 6.92 Å². The molecule has 172 valence electrons. The summed E-state index contributed by atoms with van der Waals surface area (Å²) in [7, 11) is 1.88. The summed E-state index contributed by atoms with van der Waals surface area (Å²) in [6, 6.07) is 8.51. The van der Waals surface area contributed by atoms with Crippen LogP contribution in [-0.4, -0.2) is 48.3 Å². The fourth-order valence-electron chi connectivity index (χ4n) is 4.19. The van der Waals surface area contributed by atoms with E-state index >= 15 is 0 Å². The number of fused-ring (bicyclic) bond motifs is 1. The lowest BCUT2D eigenvalue weighted by atomic mass is 9.75. The van der Waals surface area contributed by atoms with Gasteiger partial charge in [-0.3, -0.25) is 5.10 Å². The van der Waals surface area contributed by atoms with Crippen LogP contribution in [0, 0.1) is 0 Å². The molecule has 0 radical (unpaired) electrons. The maximum absolute atomic E-state index is 13.5. The lowest BCUT2D eigenvalue weighted by Gasteiger charge is -2.41. The van der Waals surface area contributed by atoms with Crippen LogP contribution in [0.4, 0.5) is 13.2 Å². The summed E-state index contributed by atoms with van der Waals surface area (Å²) in [5.74, 6) is 0.816. The minimum atomic E-state index is -4.66. The summed E-state index contributed by atoms with van der Waals surface area (Å²) >= 11 is 0. The number of aryl methyl sites for hydroxylation is 1. The molecule has 4 aromatic rings. The second-order valence-corrected chi connectivity index (χ2v) is 8.45. The number of aliphatic hydroxyl groups is 1. The number of alkyl halides is 3. The van der Waals surface area contributed by atoms with Crippen molar-refractivity contribution in [3.8, 4) is 11.3 Å². The first kappa shape index (κ1) is 21.5. The molecule has 1 saturated heterocycles. The highest BCUT2D eigenvalue weighted by molar-refractivity contribution is 5.94. The van der Waals surface area contributed by atoms with Gasteiger partial charge < -0.3 is 14.4 Å². The molecule has 1 fully saturated rings. The van der Waals surface area contributed by atoms with Gasteiger partial charge in [0.05, 0.1) is 30.5 Å². The highest BCUT2D eigenvalue weighted by Crippen LogP contribution is 2.39. The SMILES string of the molecule is C[C@H](O)c1nc(C(F)(F)F)cc2c(-c3cccc(C4(Cc5nncn5C)COC4)c3)n[nH]c12. The van der Waals surface area contributed by atoms with Crippen molar-refractivity contribution < 1.29 is 23.0 Å². The quantitative estimate of drug-likeness (QED) is 0.476. The van der Waals surface area contributed by atoms with Gasteiger partial charge in [0, 0.05) is 29.8 Å². The molecule has 3 aromatic heterocycles. The number of aromatic amines is 1. The van der Waals surface area contributed by atoms with Gasteiger partial charge in [-0.25, -0.2) is 4.98 Å².